The van der Waals surface area contributed by atoms with Gasteiger partial charge in [-0.15, -0.1) is 0 Å². The van der Waals surface area contributed by atoms with E-state index in [2.05, 4.69) is 164 Å². The molecule has 0 aliphatic carbocycles. The van der Waals surface area contributed by atoms with Crippen molar-refractivity contribution in [3.05, 3.63) is 182 Å². The molecule has 0 amide bonds. The summed E-state index contributed by atoms with van der Waals surface area (Å²) in [5, 5.41) is 9.61. The normalized spacial score (nSPS) is 11.6. The smallest absolute Gasteiger partial charge is 0.0970 e. The Morgan fingerprint density at radius 3 is 1.70 bits per heavy atom. The van der Waals surface area contributed by atoms with E-state index in [4.69, 9.17) is 9.97 Å². The Hall–Kier alpha value is -6.64. The first kappa shape index (κ1) is 28.4. The molecule has 0 saturated heterocycles. The molecule has 2 nitrogen and oxygen atoms in total. The SMILES string of the molecule is c1ccc(-c2ccc(-c3c4ccccc4c(-c4ccc5ccccc5c4)c4cc(-c5ccnc6c5ccc5cccnc56)ccc34)cc2)cc1. The largest absolute Gasteiger partial charge is 0.254 e. The van der Waals surface area contributed by atoms with Gasteiger partial charge in [0.15, 0.2) is 0 Å². The zero-order valence-electron chi connectivity index (χ0n) is 27.2. The van der Waals surface area contributed by atoms with Crippen molar-refractivity contribution < 1.29 is 0 Å². The van der Waals surface area contributed by atoms with Crippen molar-refractivity contribution in [2.45, 2.75) is 0 Å². The highest BCUT2D eigenvalue weighted by Crippen LogP contribution is 2.46. The lowest BCUT2D eigenvalue weighted by atomic mass is 9.84. The van der Waals surface area contributed by atoms with Gasteiger partial charge in [-0.05, 0) is 101 Å². The molecule has 50 heavy (non-hydrogen) atoms. The third-order valence-electron chi connectivity index (χ3n) is 10.1. The van der Waals surface area contributed by atoms with E-state index < -0.39 is 0 Å². The fourth-order valence-electron chi connectivity index (χ4n) is 7.78. The van der Waals surface area contributed by atoms with Gasteiger partial charge in [0.2, 0.25) is 0 Å². The molecule has 0 bridgehead atoms. The van der Waals surface area contributed by atoms with E-state index in [1.54, 1.807) is 0 Å². The lowest BCUT2D eigenvalue weighted by Gasteiger charge is -2.19. The molecule has 0 spiro atoms. The summed E-state index contributed by atoms with van der Waals surface area (Å²) in [7, 11) is 0. The van der Waals surface area contributed by atoms with Crippen LogP contribution in [0.25, 0.3) is 98.6 Å². The van der Waals surface area contributed by atoms with E-state index in [0.29, 0.717) is 0 Å². The van der Waals surface area contributed by atoms with E-state index in [-0.39, 0.29) is 0 Å². The van der Waals surface area contributed by atoms with Crippen molar-refractivity contribution in [3.63, 3.8) is 0 Å². The van der Waals surface area contributed by atoms with Gasteiger partial charge in [-0.3, -0.25) is 9.97 Å². The summed E-state index contributed by atoms with van der Waals surface area (Å²) in [6.45, 7) is 0. The fourth-order valence-corrected chi connectivity index (χ4v) is 7.78. The fraction of sp³-hybridized carbons (Fsp3) is 0. The number of hydrogen-bond acceptors (Lipinski definition) is 2. The van der Waals surface area contributed by atoms with Crippen LogP contribution in [-0.2, 0) is 0 Å². The van der Waals surface area contributed by atoms with E-state index in [0.717, 1.165) is 32.9 Å². The molecule has 0 aliphatic heterocycles. The van der Waals surface area contributed by atoms with Gasteiger partial charge in [0, 0.05) is 23.2 Å². The lowest BCUT2D eigenvalue weighted by Crippen LogP contribution is -1.93. The van der Waals surface area contributed by atoms with Crippen LogP contribution in [0.1, 0.15) is 0 Å². The molecular weight excluding hydrogens is 605 g/mol. The Balaban J connectivity index is 1.27. The summed E-state index contributed by atoms with van der Waals surface area (Å²) < 4.78 is 0. The van der Waals surface area contributed by atoms with Crippen LogP contribution in [0.15, 0.2) is 182 Å². The molecule has 0 unspecified atom stereocenters. The van der Waals surface area contributed by atoms with Crippen molar-refractivity contribution in [1.82, 2.24) is 9.97 Å². The van der Waals surface area contributed by atoms with Crippen LogP contribution in [-0.4, -0.2) is 9.97 Å². The summed E-state index contributed by atoms with van der Waals surface area (Å²) in [6, 6.07) is 61.6. The summed E-state index contributed by atoms with van der Waals surface area (Å²) in [5.74, 6) is 0. The number of fused-ring (bicyclic) bond motifs is 6. The summed E-state index contributed by atoms with van der Waals surface area (Å²) >= 11 is 0. The van der Waals surface area contributed by atoms with Gasteiger partial charge in [-0.25, -0.2) is 0 Å². The molecule has 10 aromatic rings. The molecule has 0 atom stereocenters. The van der Waals surface area contributed by atoms with Gasteiger partial charge in [-0.2, -0.15) is 0 Å². The molecule has 2 heteroatoms. The molecule has 0 radical (unpaired) electrons. The first-order valence-corrected chi connectivity index (χ1v) is 17.1. The Labute approximate surface area is 290 Å². The maximum atomic E-state index is 4.81. The average Bonchev–Trinajstić information content (AvgIpc) is 3.19. The zero-order chi connectivity index (χ0) is 33.0. The topological polar surface area (TPSA) is 25.8 Å². The number of nitrogens with zero attached hydrogens (tertiary/aromatic N) is 2. The van der Waals surface area contributed by atoms with Gasteiger partial charge < -0.3 is 0 Å². The van der Waals surface area contributed by atoms with Crippen LogP contribution in [0.5, 0.6) is 0 Å². The van der Waals surface area contributed by atoms with Crippen LogP contribution >= 0.6 is 0 Å². The molecule has 232 valence electrons. The van der Waals surface area contributed by atoms with Gasteiger partial charge in [0.05, 0.1) is 11.0 Å². The quantitative estimate of drug-likeness (QED) is 0.142. The number of pyridine rings is 2. The number of benzene rings is 8. The molecule has 8 aromatic carbocycles. The molecule has 0 fully saturated rings. The number of aromatic nitrogens is 2. The predicted molar refractivity (Wildman–Crippen MR) is 211 cm³/mol. The third kappa shape index (κ3) is 4.57. The first-order valence-electron chi connectivity index (χ1n) is 17.1. The molecule has 2 aromatic heterocycles. The second kappa shape index (κ2) is 11.5. The Morgan fingerprint density at radius 2 is 0.860 bits per heavy atom. The predicted octanol–water partition coefficient (Wildman–Crippen LogP) is 12.9. The molecule has 10 rings (SSSR count). The standard InChI is InChI=1S/C48H30N2/c1-2-9-31(10-3-1)33-16-19-34(20-17-33)45-40-14-6-7-15-41(40)46(38-21-18-32-11-4-5-12-36(32)29-38)44-30-37(23-24-42(44)45)39-26-28-50-48-43(39)25-22-35-13-8-27-49-47(35)48/h1-30H. The van der Waals surface area contributed by atoms with Gasteiger partial charge >= 0.3 is 0 Å². The molecule has 2 heterocycles. The first-order chi connectivity index (χ1) is 24.8. The van der Waals surface area contributed by atoms with E-state index in [1.807, 2.05) is 18.5 Å². The second-order valence-corrected chi connectivity index (χ2v) is 13.0. The molecule has 0 N–H and O–H groups in total. The van der Waals surface area contributed by atoms with Gasteiger partial charge in [0.25, 0.3) is 0 Å². The maximum absolute atomic E-state index is 4.81. The molecular formula is C48H30N2. The van der Waals surface area contributed by atoms with Crippen molar-refractivity contribution in [2.24, 2.45) is 0 Å². The lowest BCUT2D eigenvalue weighted by molar-refractivity contribution is 1.37. The van der Waals surface area contributed by atoms with E-state index >= 15 is 0 Å². The Kier molecular flexibility index (Phi) is 6.53. The minimum Gasteiger partial charge on any atom is -0.254 e. The Bertz CT molecular complexity index is 2910. The van der Waals surface area contributed by atoms with Crippen molar-refractivity contribution in [2.75, 3.05) is 0 Å². The Morgan fingerprint density at radius 1 is 0.280 bits per heavy atom. The van der Waals surface area contributed by atoms with Crippen LogP contribution in [0, 0.1) is 0 Å². The van der Waals surface area contributed by atoms with Crippen molar-refractivity contribution in [1.29, 1.82) is 0 Å². The van der Waals surface area contributed by atoms with Crippen LogP contribution in [0.4, 0.5) is 0 Å². The second-order valence-electron chi connectivity index (χ2n) is 13.0. The molecule has 0 saturated carbocycles. The number of hydrogen-bond donors (Lipinski definition) is 0. The number of rotatable bonds is 4. The highest BCUT2D eigenvalue weighted by Gasteiger charge is 2.19. The molecule has 0 aliphatic rings. The third-order valence-corrected chi connectivity index (χ3v) is 10.1. The highest BCUT2D eigenvalue weighted by atomic mass is 14.7. The maximum Gasteiger partial charge on any atom is 0.0970 e. The van der Waals surface area contributed by atoms with Crippen LogP contribution in [0.2, 0.25) is 0 Å². The van der Waals surface area contributed by atoms with Crippen LogP contribution in [0.3, 0.4) is 0 Å². The van der Waals surface area contributed by atoms with Crippen molar-refractivity contribution in [3.8, 4) is 44.5 Å². The monoisotopic (exact) mass is 634 g/mol. The highest BCUT2D eigenvalue weighted by molar-refractivity contribution is 6.22. The van der Waals surface area contributed by atoms with Crippen LogP contribution < -0.4 is 0 Å². The van der Waals surface area contributed by atoms with Gasteiger partial charge in [0.1, 0.15) is 0 Å². The van der Waals surface area contributed by atoms with Gasteiger partial charge in [-0.1, -0.05) is 146 Å². The van der Waals surface area contributed by atoms with E-state index in [1.165, 1.54) is 65.7 Å². The van der Waals surface area contributed by atoms with E-state index in [9.17, 15) is 0 Å². The average molecular weight is 635 g/mol. The minimum atomic E-state index is 0.924. The minimum absolute atomic E-state index is 0.924. The zero-order valence-corrected chi connectivity index (χ0v) is 27.2. The summed E-state index contributed by atoms with van der Waals surface area (Å²) in [6.07, 6.45) is 3.77. The summed E-state index contributed by atoms with van der Waals surface area (Å²) in [4.78, 5) is 9.53. The van der Waals surface area contributed by atoms with Crippen molar-refractivity contribution >= 4 is 54.1 Å². The summed E-state index contributed by atoms with van der Waals surface area (Å²) in [5.41, 5.74) is 11.5.